The monoisotopic (exact) mass is 249 g/mol. The summed E-state index contributed by atoms with van der Waals surface area (Å²) in [7, 11) is 0. The summed E-state index contributed by atoms with van der Waals surface area (Å²) in [5, 5.41) is 0. The zero-order chi connectivity index (χ0) is 12.3. The summed E-state index contributed by atoms with van der Waals surface area (Å²) in [6, 6.07) is 7.99. The van der Waals surface area contributed by atoms with E-state index in [0.717, 1.165) is 35.7 Å². The molecule has 2 rings (SSSR count). The Bertz CT molecular complexity index is 397. The molecule has 0 N–H and O–H groups in total. The van der Waals surface area contributed by atoms with E-state index in [0.29, 0.717) is 5.92 Å². The van der Waals surface area contributed by atoms with E-state index >= 15 is 0 Å². The van der Waals surface area contributed by atoms with E-state index in [9.17, 15) is 4.79 Å². The number of carbonyl (C=O) groups excluding carboxylic acids is 1. The fourth-order valence-corrected chi connectivity index (χ4v) is 3.04. The molecule has 0 aromatic heterocycles. The normalized spacial score (nSPS) is 16.3. The van der Waals surface area contributed by atoms with Crippen LogP contribution < -0.4 is 0 Å². The number of nitrogens with zero attached hydrogens (tertiary/aromatic N) is 1. The van der Waals surface area contributed by atoms with Crippen LogP contribution in [0.1, 0.15) is 35.7 Å². The molecule has 1 aromatic rings. The lowest BCUT2D eigenvalue weighted by Gasteiger charge is -2.27. The largest absolute Gasteiger partial charge is 0.337 e. The summed E-state index contributed by atoms with van der Waals surface area (Å²) in [6.07, 6.45) is 0. The van der Waals surface area contributed by atoms with Gasteiger partial charge in [0.15, 0.2) is 0 Å². The molecule has 17 heavy (non-hydrogen) atoms. The van der Waals surface area contributed by atoms with Crippen molar-refractivity contribution in [3.8, 4) is 0 Å². The lowest BCUT2D eigenvalue weighted by molar-refractivity contribution is 0.0771. The van der Waals surface area contributed by atoms with E-state index in [-0.39, 0.29) is 5.91 Å². The maximum Gasteiger partial charge on any atom is 0.254 e. The molecule has 0 radical (unpaired) electrons. The van der Waals surface area contributed by atoms with Gasteiger partial charge in [-0.3, -0.25) is 4.79 Å². The lowest BCUT2D eigenvalue weighted by atomic mass is 9.96. The molecule has 1 aliphatic heterocycles. The zero-order valence-electron chi connectivity index (χ0n) is 10.5. The van der Waals surface area contributed by atoms with Crippen LogP contribution in [0.25, 0.3) is 0 Å². The van der Waals surface area contributed by atoms with E-state index in [1.165, 1.54) is 0 Å². The number of thioether (sulfide) groups is 1. The molecule has 92 valence electrons. The van der Waals surface area contributed by atoms with Gasteiger partial charge in [0, 0.05) is 30.2 Å². The molecule has 1 fully saturated rings. The van der Waals surface area contributed by atoms with Crippen LogP contribution in [-0.2, 0) is 0 Å². The molecule has 1 heterocycles. The Morgan fingerprint density at radius 3 is 2.53 bits per heavy atom. The quantitative estimate of drug-likeness (QED) is 0.803. The predicted octanol–water partition coefficient (Wildman–Crippen LogP) is 3.00. The van der Waals surface area contributed by atoms with Crippen LogP contribution in [0.5, 0.6) is 0 Å². The van der Waals surface area contributed by atoms with Crippen LogP contribution in [0.2, 0.25) is 0 Å². The molecule has 1 aromatic carbocycles. The first-order valence-corrected chi connectivity index (χ1v) is 7.31. The topological polar surface area (TPSA) is 20.3 Å². The highest BCUT2D eigenvalue weighted by molar-refractivity contribution is 7.99. The summed E-state index contributed by atoms with van der Waals surface area (Å²) in [4.78, 5) is 14.4. The Morgan fingerprint density at radius 1 is 1.24 bits per heavy atom. The summed E-state index contributed by atoms with van der Waals surface area (Å²) >= 11 is 1.93. The minimum Gasteiger partial charge on any atom is -0.337 e. The van der Waals surface area contributed by atoms with Crippen molar-refractivity contribution in [2.75, 3.05) is 24.6 Å². The van der Waals surface area contributed by atoms with Crippen molar-refractivity contribution in [2.45, 2.75) is 19.8 Å². The molecule has 0 unspecified atom stereocenters. The van der Waals surface area contributed by atoms with Crippen molar-refractivity contribution in [2.24, 2.45) is 0 Å². The Labute approximate surface area is 107 Å². The average molecular weight is 249 g/mol. The lowest BCUT2D eigenvalue weighted by Crippen LogP contribution is -2.38. The third-order valence-electron chi connectivity index (χ3n) is 3.11. The second-order valence-electron chi connectivity index (χ2n) is 4.65. The molecule has 0 spiro atoms. The van der Waals surface area contributed by atoms with E-state index in [4.69, 9.17) is 0 Å². The molecule has 0 bridgehead atoms. The van der Waals surface area contributed by atoms with Crippen LogP contribution in [-0.4, -0.2) is 35.4 Å². The molecule has 1 aliphatic rings. The SMILES string of the molecule is CC(C)c1ccccc1C(=O)N1CCSCC1. The van der Waals surface area contributed by atoms with Crippen LogP contribution >= 0.6 is 11.8 Å². The Hall–Kier alpha value is -0.960. The minimum absolute atomic E-state index is 0.203. The minimum atomic E-state index is 0.203. The number of amides is 1. The number of hydrogen-bond donors (Lipinski definition) is 0. The van der Waals surface area contributed by atoms with Crippen molar-refractivity contribution in [3.05, 3.63) is 35.4 Å². The van der Waals surface area contributed by atoms with Gasteiger partial charge in [0.05, 0.1) is 0 Å². The number of hydrogen-bond acceptors (Lipinski definition) is 2. The first-order valence-electron chi connectivity index (χ1n) is 6.16. The van der Waals surface area contributed by atoms with E-state index in [1.54, 1.807) is 0 Å². The maximum absolute atomic E-state index is 12.4. The molecular formula is C14H19NOS. The predicted molar refractivity (Wildman–Crippen MR) is 73.8 cm³/mol. The van der Waals surface area contributed by atoms with Crippen molar-refractivity contribution >= 4 is 17.7 Å². The van der Waals surface area contributed by atoms with Gasteiger partial charge in [-0.1, -0.05) is 32.0 Å². The number of carbonyl (C=O) groups is 1. The molecule has 0 aliphatic carbocycles. The number of rotatable bonds is 2. The highest BCUT2D eigenvalue weighted by Gasteiger charge is 2.21. The van der Waals surface area contributed by atoms with Crippen molar-refractivity contribution in [1.29, 1.82) is 0 Å². The molecule has 0 atom stereocenters. The summed E-state index contributed by atoms with van der Waals surface area (Å²) in [5.74, 6) is 2.73. The Kier molecular flexibility index (Phi) is 4.11. The molecule has 1 saturated heterocycles. The Balaban J connectivity index is 2.23. The molecule has 3 heteroatoms. The standard InChI is InChI=1S/C14H19NOS/c1-11(2)12-5-3-4-6-13(12)14(16)15-7-9-17-10-8-15/h3-6,11H,7-10H2,1-2H3. The highest BCUT2D eigenvalue weighted by Crippen LogP contribution is 2.21. The van der Waals surface area contributed by atoms with Crippen LogP contribution in [0.15, 0.2) is 24.3 Å². The maximum atomic E-state index is 12.4. The van der Waals surface area contributed by atoms with Gasteiger partial charge in [0.25, 0.3) is 5.91 Å². The van der Waals surface area contributed by atoms with Crippen molar-refractivity contribution in [1.82, 2.24) is 4.90 Å². The first-order chi connectivity index (χ1) is 8.20. The van der Waals surface area contributed by atoms with Gasteiger partial charge in [-0.15, -0.1) is 0 Å². The first kappa shape index (κ1) is 12.5. The fraction of sp³-hybridized carbons (Fsp3) is 0.500. The van der Waals surface area contributed by atoms with E-state index in [2.05, 4.69) is 19.9 Å². The van der Waals surface area contributed by atoms with Gasteiger partial charge < -0.3 is 4.90 Å². The van der Waals surface area contributed by atoms with Gasteiger partial charge in [-0.25, -0.2) is 0 Å². The third-order valence-corrected chi connectivity index (χ3v) is 4.05. The Morgan fingerprint density at radius 2 is 1.88 bits per heavy atom. The van der Waals surface area contributed by atoms with Gasteiger partial charge in [0.1, 0.15) is 0 Å². The average Bonchev–Trinajstić information content (AvgIpc) is 2.39. The van der Waals surface area contributed by atoms with Crippen molar-refractivity contribution in [3.63, 3.8) is 0 Å². The summed E-state index contributed by atoms with van der Waals surface area (Å²) < 4.78 is 0. The van der Waals surface area contributed by atoms with E-state index < -0.39 is 0 Å². The number of benzene rings is 1. The van der Waals surface area contributed by atoms with Crippen LogP contribution in [0, 0.1) is 0 Å². The third kappa shape index (κ3) is 2.83. The zero-order valence-corrected chi connectivity index (χ0v) is 11.3. The molecular weight excluding hydrogens is 230 g/mol. The van der Waals surface area contributed by atoms with Gasteiger partial charge in [-0.05, 0) is 17.5 Å². The van der Waals surface area contributed by atoms with Gasteiger partial charge in [0.2, 0.25) is 0 Å². The highest BCUT2D eigenvalue weighted by atomic mass is 32.2. The summed E-state index contributed by atoms with van der Waals surface area (Å²) in [5.41, 5.74) is 2.05. The smallest absolute Gasteiger partial charge is 0.254 e. The van der Waals surface area contributed by atoms with Gasteiger partial charge in [-0.2, -0.15) is 11.8 Å². The van der Waals surface area contributed by atoms with E-state index in [1.807, 2.05) is 34.9 Å². The molecule has 1 amide bonds. The van der Waals surface area contributed by atoms with Crippen molar-refractivity contribution < 1.29 is 4.79 Å². The molecule has 0 saturated carbocycles. The summed E-state index contributed by atoms with van der Waals surface area (Å²) in [6.45, 7) is 6.04. The van der Waals surface area contributed by atoms with Crippen LogP contribution in [0.3, 0.4) is 0 Å². The fourth-order valence-electron chi connectivity index (χ4n) is 2.13. The van der Waals surface area contributed by atoms with Gasteiger partial charge >= 0.3 is 0 Å². The van der Waals surface area contributed by atoms with Crippen LogP contribution in [0.4, 0.5) is 0 Å². The molecule has 2 nitrogen and oxygen atoms in total. The second-order valence-corrected chi connectivity index (χ2v) is 5.87. The second kappa shape index (κ2) is 5.58.